The molecule has 0 aliphatic rings. The number of carbonyl (C=O) groups excluding carboxylic acids is 1. The molecular formula is C12H11NOS2. The van der Waals surface area contributed by atoms with Crippen LogP contribution < -0.4 is 0 Å². The van der Waals surface area contributed by atoms with Crippen LogP contribution in [0.25, 0.3) is 16.3 Å². The maximum Gasteiger partial charge on any atom is 0.186 e. The largest absolute Gasteiger partial charge is 0.288 e. The lowest BCUT2D eigenvalue weighted by atomic mass is 10.3. The molecule has 0 saturated heterocycles. The van der Waals surface area contributed by atoms with E-state index in [1.807, 2.05) is 30.4 Å². The van der Waals surface area contributed by atoms with Crippen LogP contribution in [0.1, 0.15) is 11.9 Å². The molecule has 1 aromatic heterocycles. The van der Waals surface area contributed by atoms with Crippen molar-refractivity contribution < 1.29 is 4.79 Å². The minimum absolute atomic E-state index is 0.147. The van der Waals surface area contributed by atoms with Crippen LogP contribution in [0.5, 0.6) is 0 Å². The van der Waals surface area contributed by atoms with Gasteiger partial charge in [-0.15, -0.1) is 11.3 Å². The van der Waals surface area contributed by atoms with Crippen molar-refractivity contribution in [2.75, 3.05) is 5.75 Å². The van der Waals surface area contributed by atoms with Gasteiger partial charge in [0.15, 0.2) is 5.12 Å². The molecule has 2 nitrogen and oxygen atoms in total. The zero-order valence-electron chi connectivity index (χ0n) is 8.84. The van der Waals surface area contributed by atoms with Gasteiger partial charge in [-0.05, 0) is 18.2 Å². The van der Waals surface area contributed by atoms with Crippen LogP contribution in [0.3, 0.4) is 0 Å². The number of aromatic nitrogens is 1. The number of nitrogens with zero attached hydrogens (tertiary/aromatic N) is 1. The van der Waals surface area contributed by atoms with Gasteiger partial charge in [0.05, 0.1) is 10.2 Å². The van der Waals surface area contributed by atoms with Crippen LogP contribution >= 0.6 is 23.1 Å². The van der Waals surface area contributed by atoms with Crippen LogP contribution in [0.4, 0.5) is 0 Å². The average Bonchev–Trinajstić information content (AvgIpc) is 2.66. The van der Waals surface area contributed by atoms with E-state index < -0.39 is 0 Å². The smallest absolute Gasteiger partial charge is 0.186 e. The summed E-state index contributed by atoms with van der Waals surface area (Å²) in [7, 11) is 0. The Kier molecular flexibility index (Phi) is 3.74. The summed E-state index contributed by atoms with van der Waals surface area (Å²) >= 11 is 2.97. The maximum absolute atomic E-state index is 10.7. The number of thioether (sulfide) groups is 1. The number of carbonyl (C=O) groups is 1. The highest BCUT2D eigenvalue weighted by molar-refractivity contribution is 8.13. The summed E-state index contributed by atoms with van der Waals surface area (Å²) < 4.78 is 1.20. The number of benzene rings is 1. The normalized spacial score (nSPS) is 11.3. The Labute approximate surface area is 102 Å². The second kappa shape index (κ2) is 5.27. The van der Waals surface area contributed by atoms with Crippen LogP contribution in [-0.4, -0.2) is 15.9 Å². The predicted molar refractivity (Wildman–Crippen MR) is 71.8 cm³/mol. The number of hydrogen-bond donors (Lipinski definition) is 0. The van der Waals surface area contributed by atoms with Crippen molar-refractivity contribution in [1.82, 2.24) is 4.98 Å². The van der Waals surface area contributed by atoms with Gasteiger partial charge in [0, 0.05) is 12.7 Å². The van der Waals surface area contributed by atoms with Gasteiger partial charge in [0.25, 0.3) is 0 Å². The first kappa shape index (κ1) is 11.4. The molecule has 1 aromatic carbocycles. The Balaban J connectivity index is 2.06. The molecule has 82 valence electrons. The van der Waals surface area contributed by atoms with E-state index in [1.165, 1.54) is 16.5 Å². The molecule has 0 aliphatic carbocycles. The molecule has 16 heavy (non-hydrogen) atoms. The molecular weight excluding hydrogens is 238 g/mol. The number of fused-ring (bicyclic) bond motifs is 1. The molecule has 0 fully saturated rings. The first-order chi connectivity index (χ1) is 7.75. The predicted octanol–water partition coefficient (Wildman–Crippen LogP) is 3.59. The van der Waals surface area contributed by atoms with E-state index in [0.29, 0.717) is 5.75 Å². The van der Waals surface area contributed by atoms with Gasteiger partial charge >= 0.3 is 0 Å². The number of rotatable bonds is 3. The van der Waals surface area contributed by atoms with E-state index in [1.54, 1.807) is 18.3 Å². The molecule has 0 radical (unpaired) electrons. The Morgan fingerprint density at radius 2 is 2.31 bits per heavy atom. The fourth-order valence-corrected chi connectivity index (χ4v) is 2.60. The minimum Gasteiger partial charge on any atom is -0.288 e. The third-order valence-electron chi connectivity index (χ3n) is 1.95. The fraction of sp³-hybridized carbons (Fsp3) is 0.167. The summed E-state index contributed by atoms with van der Waals surface area (Å²) in [6.07, 6.45) is 3.95. The van der Waals surface area contributed by atoms with Gasteiger partial charge in [0.2, 0.25) is 0 Å². The van der Waals surface area contributed by atoms with Crippen molar-refractivity contribution in [3.63, 3.8) is 0 Å². The molecule has 2 rings (SSSR count). The van der Waals surface area contributed by atoms with E-state index in [0.717, 1.165) is 10.5 Å². The Bertz CT molecular complexity index is 498. The molecule has 0 atom stereocenters. The van der Waals surface area contributed by atoms with Crippen molar-refractivity contribution in [3.05, 3.63) is 35.3 Å². The molecule has 0 unspecified atom stereocenters. The minimum atomic E-state index is 0.147. The average molecular weight is 249 g/mol. The van der Waals surface area contributed by atoms with E-state index in [9.17, 15) is 4.79 Å². The standard InChI is InChI=1S/C12H11NOS2/c1-9(14)15-8-4-7-12-13-10-5-2-3-6-11(10)16-12/h2-7H,8H2,1H3. The second-order valence-corrected chi connectivity index (χ2v) is 5.48. The summed E-state index contributed by atoms with van der Waals surface area (Å²) in [6, 6.07) is 8.07. The van der Waals surface area contributed by atoms with Crippen LogP contribution in [0.15, 0.2) is 30.3 Å². The lowest BCUT2D eigenvalue weighted by Gasteiger charge is -1.86. The van der Waals surface area contributed by atoms with Gasteiger partial charge in [-0.25, -0.2) is 4.98 Å². The lowest BCUT2D eigenvalue weighted by molar-refractivity contribution is -0.109. The van der Waals surface area contributed by atoms with Gasteiger partial charge < -0.3 is 0 Å². The highest BCUT2D eigenvalue weighted by Crippen LogP contribution is 2.22. The number of hydrogen-bond acceptors (Lipinski definition) is 4. The van der Waals surface area contributed by atoms with Gasteiger partial charge in [-0.1, -0.05) is 30.0 Å². The topological polar surface area (TPSA) is 30.0 Å². The van der Waals surface area contributed by atoms with Crippen LogP contribution in [-0.2, 0) is 4.79 Å². The Morgan fingerprint density at radius 1 is 1.50 bits per heavy atom. The SMILES string of the molecule is CC(=O)SCC=Cc1nc2ccccc2s1. The first-order valence-electron chi connectivity index (χ1n) is 4.91. The molecule has 0 amide bonds. The third-order valence-corrected chi connectivity index (χ3v) is 3.72. The summed E-state index contributed by atoms with van der Waals surface area (Å²) in [5.41, 5.74) is 1.03. The van der Waals surface area contributed by atoms with E-state index in [-0.39, 0.29) is 5.12 Å². The van der Waals surface area contributed by atoms with Gasteiger partial charge in [-0.3, -0.25) is 4.79 Å². The molecule has 4 heteroatoms. The molecule has 1 heterocycles. The summed E-state index contributed by atoms with van der Waals surface area (Å²) in [5, 5.41) is 1.14. The van der Waals surface area contributed by atoms with Crippen molar-refractivity contribution in [3.8, 4) is 0 Å². The third kappa shape index (κ3) is 2.93. The fourth-order valence-electron chi connectivity index (χ4n) is 1.28. The van der Waals surface area contributed by atoms with Crippen molar-refractivity contribution >= 4 is 44.5 Å². The number of thiazole rings is 1. The lowest BCUT2D eigenvalue weighted by Crippen LogP contribution is -1.81. The zero-order valence-corrected chi connectivity index (χ0v) is 10.5. The van der Waals surface area contributed by atoms with Crippen LogP contribution in [0.2, 0.25) is 0 Å². The maximum atomic E-state index is 10.7. The van der Waals surface area contributed by atoms with Crippen molar-refractivity contribution in [2.24, 2.45) is 0 Å². The van der Waals surface area contributed by atoms with Gasteiger partial charge in [-0.2, -0.15) is 0 Å². The highest BCUT2D eigenvalue weighted by Gasteiger charge is 1.98. The molecule has 0 spiro atoms. The monoisotopic (exact) mass is 249 g/mol. The summed E-state index contributed by atoms with van der Waals surface area (Å²) in [6.45, 7) is 1.58. The molecule has 0 bridgehead atoms. The van der Waals surface area contributed by atoms with Crippen molar-refractivity contribution in [2.45, 2.75) is 6.92 Å². The van der Waals surface area contributed by atoms with E-state index in [4.69, 9.17) is 0 Å². The molecule has 2 aromatic rings. The Hall–Kier alpha value is -1.13. The van der Waals surface area contributed by atoms with Gasteiger partial charge in [0.1, 0.15) is 5.01 Å². The van der Waals surface area contributed by atoms with Crippen molar-refractivity contribution in [1.29, 1.82) is 0 Å². The zero-order chi connectivity index (χ0) is 11.4. The number of para-hydroxylation sites is 1. The summed E-state index contributed by atoms with van der Waals surface area (Å²) in [5.74, 6) is 0.714. The van der Waals surface area contributed by atoms with Crippen LogP contribution in [0, 0.1) is 0 Å². The molecule has 0 N–H and O–H groups in total. The Morgan fingerprint density at radius 3 is 3.06 bits per heavy atom. The van der Waals surface area contributed by atoms with E-state index >= 15 is 0 Å². The van der Waals surface area contributed by atoms with E-state index in [2.05, 4.69) is 11.1 Å². The highest BCUT2D eigenvalue weighted by atomic mass is 32.2. The molecule has 0 aliphatic heterocycles. The molecule has 0 saturated carbocycles. The first-order valence-corrected chi connectivity index (χ1v) is 6.71. The quantitative estimate of drug-likeness (QED) is 0.832. The second-order valence-electron chi connectivity index (χ2n) is 3.22. The summed E-state index contributed by atoms with van der Waals surface area (Å²) in [4.78, 5) is 15.2.